The SMILES string of the molecule is C=C[C@@H]1CN(C(=O)OC(C)(C)C)[C@@H](C)[C@@](NC(C)=O)(C(=O)NC(C)(C)C)C1. The Morgan fingerprint density at radius 1 is 1.19 bits per heavy atom. The minimum Gasteiger partial charge on any atom is -0.444 e. The van der Waals surface area contributed by atoms with Crippen LogP contribution in [0.25, 0.3) is 0 Å². The highest BCUT2D eigenvalue weighted by Gasteiger charge is 2.53. The van der Waals surface area contributed by atoms with Crippen molar-refractivity contribution in [1.29, 1.82) is 0 Å². The highest BCUT2D eigenvalue weighted by molar-refractivity contribution is 5.93. The summed E-state index contributed by atoms with van der Waals surface area (Å²) in [4.78, 5) is 39.5. The van der Waals surface area contributed by atoms with Gasteiger partial charge in [0.25, 0.3) is 0 Å². The molecule has 7 nitrogen and oxygen atoms in total. The Bertz CT molecular complexity index is 603. The molecule has 0 saturated carbocycles. The smallest absolute Gasteiger partial charge is 0.410 e. The Kier molecular flexibility index (Phi) is 6.73. The first-order valence-corrected chi connectivity index (χ1v) is 9.35. The van der Waals surface area contributed by atoms with Crippen molar-refractivity contribution in [1.82, 2.24) is 15.5 Å². The van der Waals surface area contributed by atoms with Gasteiger partial charge in [0, 0.05) is 19.0 Å². The first-order valence-electron chi connectivity index (χ1n) is 9.35. The molecule has 1 saturated heterocycles. The fraction of sp³-hybridized carbons (Fsp3) is 0.750. The average Bonchev–Trinajstić information content (AvgIpc) is 2.45. The lowest BCUT2D eigenvalue weighted by molar-refractivity contribution is -0.140. The molecular formula is C20H35N3O4. The number of nitrogens with zero attached hydrogens (tertiary/aromatic N) is 1. The molecule has 3 atom stereocenters. The van der Waals surface area contributed by atoms with Gasteiger partial charge in [-0.1, -0.05) is 6.08 Å². The topological polar surface area (TPSA) is 87.7 Å². The summed E-state index contributed by atoms with van der Waals surface area (Å²) in [6.07, 6.45) is 1.56. The van der Waals surface area contributed by atoms with Gasteiger partial charge in [-0.05, 0) is 60.8 Å². The molecule has 1 heterocycles. The quantitative estimate of drug-likeness (QED) is 0.736. The number of hydrogen-bond donors (Lipinski definition) is 2. The monoisotopic (exact) mass is 381 g/mol. The van der Waals surface area contributed by atoms with Crippen molar-refractivity contribution in [3.63, 3.8) is 0 Å². The fourth-order valence-electron chi connectivity index (χ4n) is 3.30. The van der Waals surface area contributed by atoms with Crippen molar-refractivity contribution in [3.8, 4) is 0 Å². The van der Waals surface area contributed by atoms with Gasteiger partial charge in [0.1, 0.15) is 11.1 Å². The molecule has 1 aliphatic heterocycles. The number of ether oxygens (including phenoxy) is 1. The second-order valence-corrected chi connectivity index (χ2v) is 9.37. The van der Waals surface area contributed by atoms with Crippen LogP contribution in [-0.2, 0) is 14.3 Å². The third-order valence-corrected chi connectivity index (χ3v) is 4.45. The third kappa shape index (κ3) is 5.97. The molecule has 2 N–H and O–H groups in total. The summed E-state index contributed by atoms with van der Waals surface area (Å²) in [6.45, 7) is 18.3. The molecule has 0 unspecified atom stereocenters. The Hall–Kier alpha value is -2.05. The molecule has 0 aromatic rings. The zero-order chi connectivity index (χ0) is 21.2. The zero-order valence-corrected chi connectivity index (χ0v) is 17.9. The second kappa shape index (κ2) is 7.90. The number of piperidine rings is 1. The number of carbonyl (C=O) groups excluding carboxylic acids is 3. The lowest BCUT2D eigenvalue weighted by atomic mass is 9.75. The van der Waals surface area contributed by atoms with Crippen LogP contribution in [0.15, 0.2) is 12.7 Å². The average molecular weight is 382 g/mol. The first kappa shape index (κ1) is 23.0. The van der Waals surface area contributed by atoms with Gasteiger partial charge < -0.3 is 20.3 Å². The molecule has 27 heavy (non-hydrogen) atoms. The number of rotatable bonds is 3. The molecule has 1 rings (SSSR count). The number of likely N-dealkylation sites (tertiary alicyclic amines) is 1. The van der Waals surface area contributed by atoms with E-state index >= 15 is 0 Å². The summed E-state index contributed by atoms with van der Waals surface area (Å²) in [5.41, 5.74) is -2.42. The normalized spacial score (nSPS) is 26.1. The van der Waals surface area contributed by atoms with E-state index < -0.39 is 28.8 Å². The third-order valence-electron chi connectivity index (χ3n) is 4.45. The number of nitrogens with one attached hydrogen (secondary N) is 2. The van der Waals surface area contributed by atoms with Gasteiger partial charge in [0.15, 0.2) is 0 Å². The molecule has 3 amide bonds. The molecule has 7 heteroatoms. The first-order chi connectivity index (χ1) is 12.1. The van der Waals surface area contributed by atoms with Crippen LogP contribution in [0, 0.1) is 5.92 Å². The molecule has 0 radical (unpaired) electrons. The number of hydrogen-bond acceptors (Lipinski definition) is 4. The van der Waals surface area contributed by atoms with E-state index in [4.69, 9.17) is 4.74 Å². The van der Waals surface area contributed by atoms with Gasteiger partial charge >= 0.3 is 6.09 Å². The highest BCUT2D eigenvalue weighted by atomic mass is 16.6. The molecule has 1 fully saturated rings. The molecule has 0 spiro atoms. The van der Waals surface area contributed by atoms with E-state index in [1.165, 1.54) is 11.8 Å². The zero-order valence-electron chi connectivity index (χ0n) is 17.9. The van der Waals surface area contributed by atoms with Crippen LogP contribution in [0.1, 0.15) is 61.8 Å². The van der Waals surface area contributed by atoms with Gasteiger partial charge in [-0.2, -0.15) is 0 Å². The molecule has 154 valence electrons. The van der Waals surface area contributed by atoms with Crippen molar-refractivity contribution in [2.45, 2.75) is 84.5 Å². The Morgan fingerprint density at radius 3 is 2.15 bits per heavy atom. The van der Waals surface area contributed by atoms with Gasteiger partial charge in [-0.15, -0.1) is 6.58 Å². The van der Waals surface area contributed by atoms with Gasteiger partial charge in [0.2, 0.25) is 11.8 Å². The van der Waals surface area contributed by atoms with Crippen molar-refractivity contribution >= 4 is 17.9 Å². The van der Waals surface area contributed by atoms with Gasteiger partial charge in [-0.25, -0.2) is 4.79 Å². The van der Waals surface area contributed by atoms with Crippen LogP contribution in [0.4, 0.5) is 4.79 Å². The maximum atomic E-state index is 13.3. The number of amides is 3. The molecule has 0 bridgehead atoms. The van der Waals surface area contributed by atoms with Gasteiger partial charge in [0.05, 0.1) is 6.04 Å². The summed E-state index contributed by atoms with van der Waals surface area (Å²) in [7, 11) is 0. The summed E-state index contributed by atoms with van der Waals surface area (Å²) >= 11 is 0. The van der Waals surface area contributed by atoms with E-state index in [0.29, 0.717) is 13.0 Å². The van der Waals surface area contributed by atoms with Crippen molar-refractivity contribution in [2.24, 2.45) is 5.92 Å². The lowest BCUT2D eigenvalue weighted by Gasteiger charge is -2.50. The summed E-state index contributed by atoms with van der Waals surface area (Å²) < 4.78 is 5.53. The highest BCUT2D eigenvalue weighted by Crippen LogP contribution is 2.34. The minimum atomic E-state index is -1.27. The van der Waals surface area contributed by atoms with E-state index in [1.807, 2.05) is 20.8 Å². The van der Waals surface area contributed by atoms with Crippen LogP contribution in [-0.4, -0.2) is 52.1 Å². The van der Waals surface area contributed by atoms with Gasteiger partial charge in [-0.3, -0.25) is 9.59 Å². The van der Waals surface area contributed by atoms with E-state index in [2.05, 4.69) is 17.2 Å². The standard InChI is InChI=1S/C20H35N3O4/c1-10-15-11-20(21-14(3)24,16(25)22-18(4,5)6)13(2)23(12-15)17(26)27-19(7,8)9/h10,13,15H,1,11-12H2,2-9H3,(H,21,24)(H,22,25)/t13-,15-,20+/m0/s1. The largest absolute Gasteiger partial charge is 0.444 e. The summed E-state index contributed by atoms with van der Waals surface area (Å²) in [5.74, 6) is -0.816. The maximum absolute atomic E-state index is 13.3. The summed E-state index contributed by atoms with van der Waals surface area (Å²) in [5, 5.41) is 5.78. The Balaban J connectivity index is 3.36. The van der Waals surface area contributed by atoms with Crippen molar-refractivity contribution in [2.75, 3.05) is 6.54 Å². The van der Waals surface area contributed by atoms with Crippen molar-refractivity contribution < 1.29 is 19.1 Å². The van der Waals surface area contributed by atoms with Crippen LogP contribution in [0.5, 0.6) is 0 Å². The van der Waals surface area contributed by atoms with Crippen LogP contribution in [0.2, 0.25) is 0 Å². The van der Waals surface area contributed by atoms with E-state index in [-0.39, 0.29) is 17.7 Å². The van der Waals surface area contributed by atoms with E-state index in [0.717, 1.165) is 0 Å². The lowest BCUT2D eigenvalue weighted by Crippen LogP contribution is -2.73. The fourth-order valence-corrected chi connectivity index (χ4v) is 3.30. The molecule has 0 aromatic carbocycles. The van der Waals surface area contributed by atoms with E-state index in [1.54, 1.807) is 33.8 Å². The molecule has 1 aliphatic rings. The summed E-state index contributed by atoms with van der Waals surface area (Å²) in [6, 6.07) is -0.588. The van der Waals surface area contributed by atoms with Crippen LogP contribution >= 0.6 is 0 Å². The molecule has 0 aromatic heterocycles. The Labute approximate surface area is 162 Å². The Morgan fingerprint density at radius 2 is 1.74 bits per heavy atom. The maximum Gasteiger partial charge on any atom is 0.410 e. The van der Waals surface area contributed by atoms with E-state index in [9.17, 15) is 14.4 Å². The molecule has 0 aliphatic carbocycles. The number of carbonyl (C=O) groups is 3. The second-order valence-electron chi connectivity index (χ2n) is 9.37. The predicted molar refractivity (Wildman–Crippen MR) is 105 cm³/mol. The van der Waals surface area contributed by atoms with Crippen LogP contribution in [0.3, 0.4) is 0 Å². The molecular weight excluding hydrogens is 346 g/mol. The van der Waals surface area contributed by atoms with Crippen LogP contribution < -0.4 is 10.6 Å². The minimum absolute atomic E-state index is 0.161. The predicted octanol–water partition coefficient (Wildman–Crippen LogP) is 2.61. The van der Waals surface area contributed by atoms with Crippen molar-refractivity contribution in [3.05, 3.63) is 12.7 Å².